The lowest BCUT2D eigenvalue weighted by molar-refractivity contribution is 0.751. The molecule has 0 aromatic heterocycles. The van der Waals surface area contributed by atoms with Crippen LogP contribution in [0.3, 0.4) is 0 Å². The van der Waals surface area contributed by atoms with Gasteiger partial charge in [-0.3, -0.25) is 5.01 Å². The largest absolute Gasteiger partial charge is 0.266 e. The summed E-state index contributed by atoms with van der Waals surface area (Å²) >= 11 is 0. The molecule has 68 valence electrons. The van der Waals surface area contributed by atoms with Crippen LogP contribution in [0.1, 0.15) is 18.4 Å². The molecule has 2 nitrogen and oxygen atoms in total. The van der Waals surface area contributed by atoms with Gasteiger partial charge in [0, 0.05) is 12.8 Å². The van der Waals surface area contributed by atoms with Gasteiger partial charge < -0.3 is 0 Å². The lowest BCUT2D eigenvalue weighted by atomic mass is 10.2. The summed E-state index contributed by atoms with van der Waals surface area (Å²) in [5.41, 5.74) is 2.49. The normalized spacial score (nSPS) is 16.2. The standard InChI is InChI=1S/C11H14N2/c1-10-5-4-6-11(9-10)13-8-3-2-7-12-13/h4-7,9H,2-3,8H2,1H3. The Morgan fingerprint density at radius 2 is 2.31 bits per heavy atom. The summed E-state index contributed by atoms with van der Waals surface area (Å²) in [6, 6.07) is 8.46. The fraction of sp³-hybridized carbons (Fsp3) is 0.364. The molecule has 1 aliphatic heterocycles. The predicted molar refractivity (Wildman–Crippen MR) is 56.3 cm³/mol. The van der Waals surface area contributed by atoms with Gasteiger partial charge >= 0.3 is 0 Å². The van der Waals surface area contributed by atoms with E-state index < -0.39 is 0 Å². The summed E-state index contributed by atoms with van der Waals surface area (Å²) in [4.78, 5) is 0. The minimum absolute atomic E-state index is 1.04. The minimum Gasteiger partial charge on any atom is -0.266 e. The zero-order valence-electron chi connectivity index (χ0n) is 7.90. The maximum atomic E-state index is 4.35. The number of nitrogens with zero attached hydrogens (tertiary/aromatic N) is 2. The number of aryl methyl sites for hydroxylation is 1. The average Bonchev–Trinajstić information content (AvgIpc) is 2.19. The van der Waals surface area contributed by atoms with Crippen molar-refractivity contribution in [1.82, 2.24) is 0 Å². The van der Waals surface area contributed by atoms with E-state index in [4.69, 9.17) is 0 Å². The molecule has 1 aliphatic rings. The molecule has 13 heavy (non-hydrogen) atoms. The Morgan fingerprint density at radius 1 is 1.38 bits per heavy atom. The van der Waals surface area contributed by atoms with Gasteiger partial charge in [0.15, 0.2) is 0 Å². The van der Waals surface area contributed by atoms with Crippen molar-refractivity contribution in [2.75, 3.05) is 11.6 Å². The number of rotatable bonds is 1. The Balaban J connectivity index is 2.24. The van der Waals surface area contributed by atoms with Crippen molar-refractivity contribution < 1.29 is 0 Å². The fourth-order valence-corrected chi connectivity index (χ4v) is 1.53. The first kappa shape index (κ1) is 8.30. The van der Waals surface area contributed by atoms with Crippen molar-refractivity contribution in [1.29, 1.82) is 0 Å². The third-order valence-corrected chi connectivity index (χ3v) is 2.22. The van der Waals surface area contributed by atoms with Crippen LogP contribution in [0.15, 0.2) is 29.4 Å². The Bertz CT molecular complexity index is 318. The number of hydrogen-bond acceptors (Lipinski definition) is 2. The number of hydrogen-bond donors (Lipinski definition) is 0. The average molecular weight is 174 g/mol. The van der Waals surface area contributed by atoms with E-state index in [1.807, 2.05) is 6.21 Å². The first-order valence-corrected chi connectivity index (χ1v) is 4.73. The van der Waals surface area contributed by atoms with E-state index in [0.29, 0.717) is 0 Å². The summed E-state index contributed by atoms with van der Waals surface area (Å²) < 4.78 is 0. The molecule has 0 bridgehead atoms. The quantitative estimate of drug-likeness (QED) is 0.639. The third-order valence-electron chi connectivity index (χ3n) is 2.22. The van der Waals surface area contributed by atoms with E-state index in [-0.39, 0.29) is 0 Å². The van der Waals surface area contributed by atoms with Crippen LogP contribution in [0.5, 0.6) is 0 Å². The Hall–Kier alpha value is -1.31. The molecular formula is C11H14N2. The van der Waals surface area contributed by atoms with Crippen LogP contribution in [0, 0.1) is 6.92 Å². The van der Waals surface area contributed by atoms with E-state index in [1.54, 1.807) is 0 Å². The zero-order valence-corrected chi connectivity index (χ0v) is 7.90. The van der Waals surface area contributed by atoms with Gasteiger partial charge in [-0.2, -0.15) is 5.10 Å². The molecule has 0 N–H and O–H groups in total. The molecule has 0 aliphatic carbocycles. The first-order valence-electron chi connectivity index (χ1n) is 4.73. The van der Waals surface area contributed by atoms with E-state index in [9.17, 15) is 0 Å². The molecule has 0 atom stereocenters. The molecule has 0 amide bonds. The first-order chi connectivity index (χ1) is 6.36. The molecule has 2 heteroatoms. The van der Waals surface area contributed by atoms with E-state index in [2.05, 4.69) is 41.3 Å². The monoisotopic (exact) mass is 174 g/mol. The SMILES string of the molecule is Cc1cccc(N2CCCC=N2)c1. The van der Waals surface area contributed by atoms with Crippen molar-refractivity contribution in [2.45, 2.75) is 19.8 Å². The van der Waals surface area contributed by atoms with Crippen molar-refractivity contribution in [2.24, 2.45) is 5.10 Å². The summed E-state index contributed by atoms with van der Waals surface area (Å²) in [7, 11) is 0. The van der Waals surface area contributed by atoms with Gasteiger partial charge in [0.25, 0.3) is 0 Å². The summed E-state index contributed by atoms with van der Waals surface area (Å²) in [6.45, 7) is 3.15. The van der Waals surface area contributed by atoms with E-state index in [0.717, 1.165) is 13.0 Å². The van der Waals surface area contributed by atoms with Gasteiger partial charge in [0.2, 0.25) is 0 Å². The topological polar surface area (TPSA) is 15.6 Å². The van der Waals surface area contributed by atoms with Gasteiger partial charge in [-0.15, -0.1) is 0 Å². The van der Waals surface area contributed by atoms with E-state index in [1.165, 1.54) is 17.7 Å². The summed E-state index contributed by atoms with van der Waals surface area (Å²) in [5.74, 6) is 0. The number of hydrazone groups is 1. The molecule has 0 unspecified atom stereocenters. The second kappa shape index (κ2) is 3.60. The highest BCUT2D eigenvalue weighted by Gasteiger charge is 2.06. The number of benzene rings is 1. The lowest BCUT2D eigenvalue weighted by Gasteiger charge is -2.21. The van der Waals surface area contributed by atoms with Crippen LogP contribution >= 0.6 is 0 Å². The predicted octanol–water partition coefficient (Wildman–Crippen LogP) is 2.58. The van der Waals surface area contributed by atoms with Crippen LogP contribution in [0.2, 0.25) is 0 Å². The molecule has 0 fully saturated rings. The van der Waals surface area contributed by atoms with Crippen molar-refractivity contribution in [3.63, 3.8) is 0 Å². The second-order valence-corrected chi connectivity index (χ2v) is 3.40. The summed E-state index contributed by atoms with van der Waals surface area (Å²) in [6.07, 6.45) is 4.31. The fourth-order valence-electron chi connectivity index (χ4n) is 1.53. The molecule has 1 aromatic carbocycles. The molecule has 0 spiro atoms. The van der Waals surface area contributed by atoms with Gasteiger partial charge in [0.1, 0.15) is 0 Å². The van der Waals surface area contributed by atoms with E-state index >= 15 is 0 Å². The van der Waals surface area contributed by atoms with Crippen molar-refractivity contribution in [3.8, 4) is 0 Å². The minimum atomic E-state index is 1.04. The molecule has 0 saturated carbocycles. The molecular weight excluding hydrogens is 160 g/mol. The highest BCUT2D eigenvalue weighted by atomic mass is 15.5. The van der Waals surface area contributed by atoms with Crippen LogP contribution in [0.25, 0.3) is 0 Å². The lowest BCUT2D eigenvalue weighted by Crippen LogP contribution is -2.21. The Morgan fingerprint density at radius 3 is 3.00 bits per heavy atom. The smallest absolute Gasteiger partial charge is 0.0596 e. The second-order valence-electron chi connectivity index (χ2n) is 3.40. The van der Waals surface area contributed by atoms with Gasteiger partial charge in [-0.1, -0.05) is 12.1 Å². The highest BCUT2D eigenvalue weighted by molar-refractivity contribution is 5.62. The Labute approximate surface area is 78.9 Å². The van der Waals surface area contributed by atoms with Crippen LogP contribution < -0.4 is 5.01 Å². The third kappa shape index (κ3) is 1.89. The molecule has 0 saturated heterocycles. The van der Waals surface area contributed by atoms with Gasteiger partial charge in [-0.05, 0) is 37.5 Å². The van der Waals surface area contributed by atoms with Crippen molar-refractivity contribution >= 4 is 11.9 Å². The Kier molecular flexibility index (Phi) is 2.30. The molecule has 0 radical (unpaired) electrons. The zero-order chi connectivity index (χ0) is 9.10. The molecule has 2 rings (SSSR count). The van der Waals surface area contributed by atoms with Gasteiger partial charge in [0.05, 0.1) is 5.69 Å². The van der Waals surface area contributed by atoms with Crippen molar-refractivity contribution in [3.05, 3.63) is 29.8 Å². The van der Waals surface area contributed by atoms with Crippen LogP contribution in [-0.4, -0.2) is 12.8 Å². The van der Waals surface area contributed by atoms with Crippen LogP contribution in [-0.2, 0) is 0 Å². The molecule has 1 heterocycles. The maximum Gasteiger partial charge on any atom is 0.0596 e. The van der Waals surface area contributed by atoms with Gasteiger partial charge in [-0.25, -0.2) is 0 Å². The maximum absolute atomic E-state index is 4.35. The summed E-state index contributed by atoms with van der Waals surface area (Å²) in [5, 5.41) is 6.42. The molecule has 1 aromatic rings. The highest BCUT2D eigenvalue weighted by Crippen LogP contribution is 2.18. The number of anilines is 1. The van der Waals surface area contributed by atoms with Crippen LogP contribution in [0.4, 0.5) is 5.69 Å².